The lowest BCUT2D eigenvalue weighted by molar-refractivity contribution is -0.141. The zero-order chi connectivity index (χ0) is 17.6. The van der Waals surface area contributed by atoms with Gasteiger partial charge in [-0.25, -0.2) is 4.68 Å². The summed E-state index contributed by atoms with van der Waals surface area (Å²) in [5.74, 6) is -0.679. The van der Waals surface area contributed by atoms with E-state index in [-0.39, 0.29) is 5.69 Å². The molecule has 0 atom stereocenters. The summed E-state index contributed by atoms with van der Waals surface area (Å²) in [5, 5.41) is 11.4. The van der Waals surface area contributed by atoms with Crippen molar-refractivity contribution in [2.24, 2.45) is 0 Å². The molecular formula is C12H5ClF6N4. The van der Waals surface area contributed by atoms with Crippen LogP contribution in [0.1, 0.15) is 16.8 Å². The number of nitriles is 1. The summed E-state index contributed by atoms with van der Waals surface area (Å²) >= 11 is 5.68. The molecular weight excluding hydrogens is 350 g/mol. The minimum absolute atomic E-state index is 0.316. The Morgan fingerprint density at radius 2 is 1.74 bits per heavy atom. The molecule has 23 heavy (non-hydrogen) atoms. The highest BCUT2D eigenvalue weighted by Crippen LogP contribution is 2.37. The lowest BCUT2D eigenvalue weighted by atomic mass is 10.2. The van der Waals surface area contributed by atoms with Crippen LogP contribution in [0.3, 0.4) is 0 Å². The highest BCUT2D eigenvalue weighted by atomic mass is 35.5. The first kappa shape index (κ1) is 17.0. The van der Waals surface area contributed by atoms with Crippen molar-refractivity contribution in [1.82, 2.24) is 9.78 Å². The summed E-state index contributed by atoms with van der Waals surface area (Å²) in [6, 6.07) is 3.22. The van der Waals surface area contributed by atoms with E-state index in [1.807, 2.05) is 0 Å². The zero-order valence-corrected chi connectivity index (χ0v) is 11.6. The van der Waals surface area contributed by atoms with Crippen LogP contribution in [0.25, 0.3) is 5.69 Å². The Hall–Kier alpha value is -2.41. The second kappa shape index (κ2) is 5.34. The first-order valence-corrected chi connectivity index (χ1v) is 6.07. The number of nitrogens with zero attached hydrogens (tertiary/aromatic N) is 3. The normalized spacial score (nSPS) is 12.3. The van der Waals surface area contributed by atoms with Crippen LogP contribution in [-0.2, 0) is 12.4 Å². The van der Waals surface area contributed by atoms with Gasteiger partial charge in [0.15, 0.2) is 5.69 Å². The quantitative estimate of drug-likeness (QED) is 0.787. The van der Waals surface area contributed by atoms with E-state index in [4.69, 9.17) is 22.6 Å². The average molecular weight is 355 g/mol. The number of alkyl halides is 6. The third kappa shape index (κ3) is 3.05. The van der Waals surface area contributed by atoms with Crippen molar-refractivity contribution in [1.29, 1.82) is 5.26 Å². The van der Waals surface area contributed by atoms with Gasteiger partial charge in [0.25, 0.3) is 0 Å². The Morgan fingerprint density at radius 1 is 1.13 bits per heavy atom. The van der Waals surface area contributed by atoms with Crippen molar-refractivity contribution in [2.45, 2.75) is 12.4 Å². The van der Waals surface area contributed by atoms with Crippen molar-refractivity contribution >= 4 is 17.4 Å². The molecule has 0 bridgehead atoms. The number of anilines is 1. The molecule has 0 spiro atoms. The van der Waals surface area contributed by atoms with E-state index < -0.39 is 40.0 Å². The summed E-state index contributed by atoms with van der Waals surface area (Å²) in [5.41, 5.74) is 1.54. The van der Waals surface area contributed by atoms with Gasteiger partial charge < -0.3 is 5.73 Å². The number of benzene rings is 1. The molecule has 0 saturated heterocycles. The van der Waals surface area contributed by atoms with E-state index in [1.54, 1.807) is 0 Å². The number of hydrogen-bond acceptors (Lipinski definition) is 3. The van der Waals surface area contributed by atoms with Crippen LogP contribution >= 0.6 is 11.6 Å². The van der Waals surface area contributed by atoms with Gasteiger partial charge in [0, 0.05) is 0 Å². The fourth-order valence-electron chi connectivity index (χ4n) is 1.78. The molecule has 0 aliphatic rings. The van der Waals surface area contributed by atoms with Crippen molar-refractivity contribution in [3.63, 3.8) is 0 Å². The highest BCUT2D eigenvalue weighted by Gasteiger charge is 2.39. The largest absolute Gasteiger partial charge is 0.436 e. The number of hydrogen-bond donors (Lipinski definition) is 1. The van der Waals surface area contributed by atoms with Crippen LogP contribution in [0.15, 0.2) is 18.2 Å². The molecule has 0 saturated carbocycles. The van der Waals surface area contributed by atoms with Crippen LogP contribution in [-0.4, -0.2) is 9.78 Å². The van der Waals surface area contributed by atoms with E-state index in [9.17, 15) is 26.3 Å². The van der Waals surface area contributed by atoms with Crippen LogP contribution in [0.5, 0.6) is 0 Å². The second-order valence-corrected chi connectivity index (χ2v) is 4.70. The monoisotopic (exact) mass is 354 g/mol. The van der Waals surface area contributed by atoms with E-state index in [0.717, 1.165) is 6.07 Å². The molecule has 0 radical (unpaired) electrons. The van der Waals surface area contributed by atoms with Gasteiger partial charge in [0.05, 0.1) is 16.3 Å². The number of nitrogens with two attached hydrogens (primary N) is 1. The van der Waals surface area contributed by atoms with Gasteiger partial charge in [-0.3, -0.25) is 0 Å². The highest BCUT2D eigenvalue weighted by molar-refractivity contribution is 6.32. The maximum absolute atomic E-state index is 12.8. The fourth-order valence-corrected chi connectivity index (χ4v) is 2.04. The van der Waals surface area contributed by atoms with E-state index >= 15 is 0 Å². The van der Waals surface area contributed by atoms with Crippen molar-refractivity contribution < 1.29 is 26.3 Å². The summed E-state index contributed by atoms with van der Waals surface area (Å²) in [7, 11) is 0. The van der Waals surface area contributed by atoms with Gasteiger partial charge in [-0.1, -0.05) is 11.6 Å². The fraction of sp³-hybridized carbons (Fsp3) is 0.167. The molecule has 0 fully saturated rings. The smallest absolute Gasteiger partial charge is 0.382 e. The maximum Gasteiger partial charge on any atom is 0.436 e. The summed E-state index contributed by atoms with van der Waals surface area (Å²) < 4.78 is 76.6. The first-order valence-electron chi connectivity index (χ1n) is 5.69. The summed E-state index contributed by atoms with van der Waals surface area (Å²) in [6.45, 7) is 0. The van der Waals surface area contributed by atoms with Gasteiger partial charge in [0.2, 0.25) is 0 Å². The summed E-state index contributed by atoms with van der Waals surface area (Å²) in [6.07, 6.45) is -9.63. The molecule has 0 aliphatic heterocycles. The molecule has 1 aromatic carbocycles. The minimum Gasteiger partial charge on any atom is -0.382 e. The van der Waals surface area contributed by atoms with Crippen LogP contribution in [0.4, 0.5) is 32.2 Å². The zero-order valence-electron chi connectivity index (χ0n) is 10.8. The van der Waals surface area contributed by atoms with Crippen molar-refractivity contribution in [2.75, 3.05) is 5.73 Å². The SMILES string of the molecule is N#Cc1c(C(F)(F)F)nn(-c2ccc(C(F)(F)F)cc2Cl)c1N. The van der Waals surface area contributed by atoms with Crippen molar-refractivity contribution in [3.8, 4) is 11.8 Å². The predicted octanol–water partition coefficient (Wildman–Crippen LogP) is 4.02. The van der Waals surface area contributed by atoms with Gasteiger partial charge in [-0.15, -0.1) is 0 Å². The van der Waals surface area contributed by atoms with E-state index in [2.05, 4.69) is 5.10 Å². The first-order chi connectivity index (χ1) is 10.5. The third-order valence-corrected chi connectivity index (χ3v) is 3.11. The van der Waals surface area contributed by atoms with Gasteiger partial charge in [-0.2, -0.15) is 36.7 Å². The molecule has 0 aliphatic carbocycles. The summed E-state index contributed by atoms with van der Waals surface area (Å²) in [4.78, 5) is 0. The third-order valence-electron chi connectivity index (χ3n) is 2.80. The van der Waals surface area contributed by atoms with Crippen LogP contribution in [0, 0.1) is 11.3 Å². The van der Waals surface area contributed by atoms with Gasteiger partial charge in [-0.05, 0) is 18.2 Å². The Bertz CT molecular complexity index is 800. The second-order valence-electron chi connectivity index (χ2n) is 4.29. The molecule has 1 heterocycles. The lowest BCUT2D eigenvalue weighted by Crippen LogP contribution is -2.09. The lowest BCUT2D eigenvalue weighted by Gasteiger charge is -2.10. The molecule has 4 nitrogen and oxygen atoms in total. The molecule has 0 amide bonds. The average Bonchev–Trinajstić information content (AvgIpc) is 2.74. The number of halogens is 7. The topological polar surface area (TPSA) is 67.6 Å². The molecule has 2 aromatic rings. The van der Waals surface area contributed by atoms with Crippen molar-refractivity contribution in [3.05, 3.63) is 40.0 Å². The number of rotatable bonds is 1. The predicted molar refractivity (Wildman–Crippen MR) is 67.7 cm³/mol. The van der Waals surface area contributed by atoms with Gasteiger partial charge >= 0.3 is 12.4 Å². The Kier molecular flexibility index (Phi) is 3.94. The Balaban J connectivity index is 2.65. The van der Waals surface area contributed by atoms with Crippen LogP contribution < -0.4 is 5.73 Å². The van der Waals surface area contributed by atoms with Crippen LogP contribution in [0.2, 0.25) is 5.02 Å². The molecule has 2 N–H and O–H groups in total. The van der Waals surface area contributed by atoms with E-state index in [1.165, 1.54) is 6.07 Å². The molecule has 0 unspecified atom stereocenters. The molecule has 2 rings (SSSR count). The number of nitrogen functional groups attached to an aromatic ring is 1. The standard InChI is InChI=1S/C12H5ClF6N4/c13-7-3-5(11(14,15)16)1-2-8(7)23-10(21)6(4-20)9(22-23)12(17,18)19/h1-3H,21H2. The molecule has 122 valence electrons. The molecule has 11 heteroatoms. The minimum atomic E-state index is -4.96. The van der Waals surface area contributed by atoms with E-state index in [0.29, 0.717) is 16.8 Å². The Morgan fingerprint density at radius 3 is 2.13 bits per heavy atom. The maximum atomic E-state index is 12.8. The molecule has 1 aromatic heterocycles. The number of aromatic nitrogens is 2. The van der Waals surface area contributed by atoms with Gasteiger partial charge in [0.1, 0.15) is 17.5 Å². The Labute approximate surface area is 129 Å².